The lowest BCUT2D eigenvalue weighted by Gasteiger charge is -2.25. The SMILES string of the molecule is CCCCc1ccc(CCCCCCc2cccc(C=Cc3cccc(NC(=O)CC(CC)(CC)C(=O)O)c3)n2)cc1. The van der Waals surface area contributed by atoms with E-state index in [1.807, 2.05) is 56.3 Å². The van der Waals surface area contributed by atoms with Crippen molar-refractivity contribution < 1.29 is 14.7 Å². The molecule has 0 unspecified atom stereocenters. The van der Waals surface area contributed by atoms with Gasteiger partial charge < -0.3 is 10.4 Å². The number of anilines is 1. The van der Waals surface area contributed by atoms with Crippen LogP contribution in [0.25, 0.3) is 12.2 Å². The third kappa shape index (κ3) is 10.6. The largest absolute Gasteiger partial charge is 0.481 e. The van der Waals surface area contributed by atoms with Gasteiger partial charge >= 0.3 is 5.97 Å². The number of unbranched alkanes of at least 4 members (excludes halogenated alkanes) is 4. The van der Waals surface area contributed by atoms with E-state index in [9.17, 15) is 14.7 Å². The van der Waals surface area contributed by atoms with Gasteiger partial charge in [-0.15, -0.1) is 0 Å². The van der Waals surface area contributed by atoms with E-state index in [4.69, 9.17) is 4.98 Å². The van der Waals surface area contributed by atoms with Gasteiger partial charge in [0.05, 0.1) is 11.1 Å². The Kier molecular flexibility index (Phi) is 13.5. The molecule has 5 heteroatoms. The van der Waals surface area contributed by atoms with Crippen molar-refractivity contribution in [3.63, 3.8) is 0 Å². The molecule has 0 spiro atoms. The van der Waals surface area contributed by atoms with Crippen molar-refractivity contribution in [2.75, 3.05) is 5.32 Å². The zero-order valence-electron chi connectivity index (χ0n) is 25.7. The number of amides is 1. The van der Waals surface area contributed by atoms with Gasteiger partial charge in [0.15, 0.2) is 0 Å². The van der Waals surface area contributed by atoms with Crippen LogP contribution in [0, 0.1) is 5.41 Å². The second-order valence-corrected chi connectivity index (χ2v) is 11.4. The monoisotopic (exact) mass is 568 g/mol. The Bertz CT molecular complexity index is 1290. The van der Waals surface area contributed by atoms with E-state index >= 15 is 0 Å². The van der Waals surface area contributed by atoms with Gasteiger partial charge in [-0.1, -0.05) is 88.6 Å². The fraction of sp³-hybridized carbons (Fsp3) is 0.432. The molecule has 0 saturated carbocycles. The molecule has 2 N–H and O–H groups in total. The van der Waals surface area contributed by atoms with Crippen LogP contribution in [-0.4, -0.2) is 22.0 Å². The van der Waals surface area contributed by atoms with Crippen LogP contribution < -0.4 is 5.32 Å². The molecule has 1 aromatic heterocycles. The summed E-state index contributed by atoms with van der Waals surface area (Å²) in [7, 11) is 0. The van der Waals surface area contributed by atoms with Crippen LogP contribution in [0.2, 0.25) is 0 Å². The molecule has 0 radical (unpaired) electrons. The smallest absolute Gasteiger partial charge is 0.310 e. The Morgan fingerprint density at radius 3 is 2.07 bits per heavy atom. The predicted octanol–water partition coefficient (Wildman–Crippen LogP) is 9.16. The quantitative estimate of drug-likeness (QED) is 0.150. The van der Waals surface area contributed by atoms with Gasteiger partial charge in [-0.05, 0) is 98.4 Å². The summed E-state index contributed by atoms with van der Waals surface area (Å²) in [6, 6.07) is 22.9. The van der Waals surface area contributed by atoms with Gasteiger partial charge in [0.25, 0.3) is 0 Å². The summed E-state index contributed by atoms with van der Waals surface area (Å²) in [6.07, 6.45) is 15.4. The van der Waals surface area contributed by atoms with Crippen molar-refractivity contribution in [3.05, 3.63) is 94.8 Å². The van der Waals surface area contributed by atoms with Gasteiger partial charge in [-0.25, -0.2) is 0 Å². The second kappa shape index (κ2) is 17.3. The molecule has 0 atom stereocenters. The van der Waals surface area contributed by atoms with Crippen molar-refractivity contribution >= 4 is 29.7 Å². The zero-order chi connectivity index (χ0) is 30.2. The third-order valence-corrected chi connectivity index (χ3v) is 8.24. The van der Waals surface area contributed by atoms with Crippen LogP contribution in [0.15, 0.2) is 66.7 Å². The summed E-state index contributed by atoms with van der Waals surface area (Å²) in [5.41, 5.74) is 5.46. The minimum absolute atomic E-state index is 0.0426. The molecule has 0 aliphatic heterocycles. The number of nitrogens with one attached hydrogen (secondary N) is 1. The van der Waals surface area contributed by atoms with E-state index in [1.165, 1.54) is 49.7 Å². The topological polar surface area (TPSA) is 79.3 Å². The molecule has 0 bridgehead atoms. The fourth-order valence-corrected chi connectivity index (χ4v) is 5.26. The van der Waals surface area contributed by atoms with E-state index in [2.05, 4.69) is 48.6 Å². The average molecular weight is 569 g/mol. The highest BCUT2D eigenvalue weighted by atomic mass is 16.4. The Morgan fingerprint density at radius 1 is 0.786 bits per heavy atom. The molecular weight excluding hydrogens is 520 g/mol. The van der Waals surface area contributed by atoms with Crippen LogP contribution in [0.1, 0.15) is 107 Å². The molecule has 0 saturated heterocycles. The van der Waals surface area contributed by atoms with Crippen LogP contribution in [0.3, 0.4) is 0 Å². The molecule has 3 rings (SSSR count). The summed E-state index contributed by atoms with van der Waals surface area (Å²) in [6.45, 7) is 5.87. The third-order valence-electron chi connectivity index (χ3n) is 8.24. The van der Waals surface area contributed by atoms with Gasteiger partial charge in [0.2, 0.25) is 5.91 Å². The van der Waals surface area contributed by atoms with Crippen LogP contribution in [0.5, 0.6) is 0 Å². The first-order chi connectivity index (χ1) is 20.4. The lowest BCUT2D eigenvalue weighted by molar-refractivity contribution is -0.151. The second-order valence-electron chi connectivity index (χ2n) is 11.4. The average Bonchev–Trinajstić information content (AvgIpc) is 3.00. The van der Waals surface area contributed by atoms with Crippen LogP contribution in [-0.2, 0) is 28.9 Å². The number of aryl methyl sites for hydroxylation is 3. The molecule has 0 aliphatic carbocycles. The number of pyridine rings is 1. The normalized spacial score (nSPS) is 11.6. The van der Waals surface area contributed by atoms with Crippen molar-refractivity contribution in [2.45, 2.75) is 97.8 Å². The van der Waals surface area contributed by atoms with Crippen molar-refractivity contribution in [1.29, 1.82) is 0 Å². The van der Waals surface area contributed by atoms with Gasteiger partial charge in [-0.2, -0.15) is 0 Å². The molecule has 224 valence electrons. The number of carboxylic acid groups (broad SMARTS) is 1. The summed E-state index contributed by atoms with van der Waals surface area (Å²) >= 11 is 0. The maximum absolute atomic E-state index is 12.6. The van der Waals surface area contributed by atoms with E-state index in [-0.39, 0.29) is 12.3 Å². The predicted molar refractivity (Wildman–Crippen MR) is 174 cm³/mol. The highest BCUT2D eigenvalue weighted by Gasteiger charge is 2.37. The van der Waals surface area contributed by atoms with Crippen molar-refractivity contribution in [2.24, 2.45) is 5.41 Å². The number of aromatic nitrogens is 1. The van der Waals surface area contributed by atoms with E-state index < -0.39 is 11.4 Å². The summed E-state index contributed by atoms with van der Waals surface area (Å²) < 4.78 is 0. The molecular formula is C37H48N2O3. The van der Waals surface area contributed by atoms with E-state index in [0.717, 1.165) is 36.2 Å². The minimum atomic E-state index is -1.03. The standard InChI is InChI=1S/C37H48N2O3/c1-4-7-14-29-21-23-30(24-22-29)15-10-8-9-11-17-32-18-13-19-33(38-32)26-25-31-16-12-20-34(27-31)39-35(40)28-37(5-2,6-3)36(41)42/h12-13,16,18-27H,4-11,14-15,17,28H2,1-3H3,(H,39,40)(H,41,42). The summed E-state index contributed by atoms with van der Waals surface area (Å²) in [5, 5.41) is 12.5. The fourth-order valence-electron chi connectivity index (χ4n) is 5.26. The number of hydrogen-bond donors (Lipinski definition) is 2. The highest BCUT2D eigenvalue weighted by Crippen LogP contribution is 2.31. The number of rotatable bonds is 18. The number of nitrogens with zero attached hydrogens (tertiary/aromatic N) is 1. The molecule has 42 heavy (non-hydrogen) atoms. The van der Waals surface area contributed by atoms with E-state index in [0.29, 0.717) is 18.5 Å². The number of carbonyl (C=O) groups is 2. The van der Waals surface area contributed by atoms with Gasteiger partial charge in [-0.3, -0.25) is 14.6 Å². The molecule has 5 nitrogen and oxygen atoms in total. The summed E-state index contributed by atoms with van der Waals surface area (Å²) in [5.74, 6) is -1.21. The first-order valence-electron chi connectivity index (χ1n) is 15.7. The first-order valence-corrected chi connectivity index (χ1v) is 15.7. The Hall–Kier alpha value is -3.73. The molecule has 1 heterocycles. The number of carboxylic acids is 1. The van der Waals surface area contributed by atoms with Crippen molar-refractivity contribution in [3.8, 4) is 0 Å². The van der Waals surface area contributed by atoms with Crippen molar-refractivity contribution in [1.82, 2.24) is 4.98 Å². The maximum Gasteiger partial charge on any atom is 0.310 e. The molecule has 0 fully saturated rings. The zero-order valence-corrected chi connectivity index (χ0v) is 25.7. The molecule has 1 amide bonds. The van der Waals surface area contributed by atoms with Crippen LogP contribution in [0.4, 0.5) is 5.69 Å². The Balaban J connectivity index is 1.44. The number of carbonyl (C=O) groups excluding carboxylic acids is 1. The Labute approximate surface area is 252 Å². The lowest BCUT2D eigenvalue weighted by atomic mass is 9.79. The lowest BCUT2D eigenvalue weighted by Crippen LogP contribution is -2.34. The van der Waals surface area contributed by atoms with Gasteiger partial charge in [0, 0.05) is 17.8 Å². The Morgan fingerprint density at radius 2 is 1.43 bits per heavy atom. The van der Waals surface area contributed by atoms with Gasteiger partial charge in [0.1, 0.15) is 0 Å². The molecule has 2 aromatic carbocycles. The maximum atomic E-state index is 12.6. The highest BCUT2D eigenvalue weighted by molar-refractivity contribution is 5.94. The minimum Gasteiger partial charge on any atom is -0.481 e. The number of hydrogen-bond acceptors (Lipinski definition) is 3. The summed E-state index contributed by atoms with van der Waals surface area (Å²) in [4.78, 5) is 29.2. The number of aliphatic carboxylic acids is 1. The number of benzene rings is 2. The van der Waals surface area contributed by atoms with E-state index in [1.54, 1.807) is 0 Å². The molecule has 3 aromatic rings. The van der Waals surface area contributed by atoms with Crippen LogP contribution >= 0.6 is 0 Å². The molecule has 0 aliphatic rings. The first kappa shape index (κ1) is 32.8.